The maximum atomic E-state index is 13.1. The van der Waals surface area contributed by atoms with Gasteiger partial charge in [-0.2, -0.15) is 0 Å². The largest absolute Gasteiger partial charge is 0.480 e. The molecule has 0 aliphatic rings. The summed E-state index contributed by atoms with van der Waals surface area (Å²) >= 11 is 0. The lowest BCUT2D eigenvalue weighted by atomic mass is 10.1. The number of aliphatic hydroxyl groups is 1. The fourth-order valence-electron chi connectivity index (χ4n) is 3.79. The fourth-order valence-corrected chi connectivity index (χ4v) is 3.79. The average Bonchev–Trinajstić information content (AvgIpc) is 2.94. The van der Waals surface area contributed by atoms with Crippen LogP contribution in [0.3, 0.4) is 0 Å². The number of primary amides is 2. The maximum Gasteiger partial charge on any atom is 0.326 e. The molecule has 0 rings (SSSR count). The van der Waals surface area contributed by atoms with E-state index in [2.05, 4.69) is 21.3 Å². The summed E-state index contributed by atoms with van der Waals surface area (Å²) in [4.78, 5) is 85.1. The van der Waals surface area contributed by atoms with Crippen molar-refractivity contribution in [1.82, 2.24) is 21.3 Å². The monoisotopic (exact) mass is 617 g/mol. The number of carboxylic acid groups (broad SMARTS) is 1. The number of aliphatic carboxylic acids is 1. The van der Waals surface area contributed by atoms with Crippen molar-refractivity contribution in [3.8, 4) is 0 Å². The highest BCUT2D eigenvalue weighted by atomic mass is 16.4. The standard InChI is InChI=1S/C25H47N9O9/c26-11-3-1-5-15(31-21(38)14(28)7-9-19(29)36)23(40)34-18(13-35)24(41)32-16(6-2-4-12-27)22(39)33-17(25(42)43)8-10-20(30)37/h14-18,35H,1-13,26-28H2,(H2,29,36)(H2,30,37)(H,31,38)(H,32,41)(H,33,39)(H,34,40)(H,42,43)/t14-,15-,16-,17-,18-/m0/s1. The van der Waals surface area contributed by atoms with Gasteiger partial charge in [0.25, 0.3) is 0 Å². The van der Waals surface area contributed by atoms with Gasteiger partial charge in [-0.15, -0.1) is 0 Å². The van der Waals surface area contributed by atoms with E-state index >= 15 is 0 Å². The molecule has 43 heavy (non-hydrogen) atoms. The minimum Gasteiger partial charge on any atom is -0.480 e. The van der Waals surface area contributed by atoms with E-state index in [4.69, 9.17) is 28.7 Å². The van der Waals surface area contributed by atoms with Crippen molar-refractivity contribution in [3.63, 3.8) is 0 Å². The molecule has 0 heterocycles. The summed E-state index contributed by atoms with van der Waals surface area (Å²) in [5.74, 6) is -6.24. The summed E-state index contributed by atoms with van der Waals surface area (Å²) in [5, 5.41) is 28.7. The topological polar surface area (TPSA) is 338 Å². The summed E-state index contributed by atoms with van der Waals surface area (Å²) in [5.41, 5.74) is 26.9. The fraction of sp³-hybridized carbons (Fsp3) is 0.720. The Morgan fingerprint density at radius 2 is 0.953 bits per heavy atom. The molecule has 6 amide bonds. The van der Waals surface area contributed by atoms with Crippen molar-refractivity contribution < 1.29 is 43.8 Å². The van der Waals surface area contributed by atoms with Gasteiger partial charge in [0.05, 0.1) is 12.6 Å². The van der Waals surface area contributed by atoms with Crippen LogP contribution in [0.15, 0.2) is 0 Å². The first-order valence-corrected chi connectivity index (χ1v) is 14.0. The second-order valence-corrected chi connectivity index (χ2v) is 9.95. The van der Waals surface area contributed by atoms with Crippen LogP contribution in [0.4, 0.5) is 0 Å². The van der Waals surface area contributed by atoms with Crippen LogP contribution in [0.5, 0.6) is 0 Å². The van der Waals surface area contributed by atoms with Crippen molar-refractivity contribution in [1.29, 1.82) is 0 Å². The van der Waals surface area contributed by atoms with E-state index in [-0.39, 0.29) is 45.1 Å². The van der Waals surface area contributed by atoms with Gasteiger partial charge in [-0.05, 0) is 64.5 Å². The number of carbonyl (C=O) groups excluding carboxylic acids is 6. The number of aliphatic hydroxyl groups excluding tert-OH is 1. The van der Waals surface area contributed by atoms with E-state index in [0.717, 1.165) is 0 Å². The summed E-state index contributed by atoms with van der Waals surface area (Å²) in [6, 6.07) is -6.61. The van der Waals surface area contributed by atoms with Crippen molar-refractivity contribution in [2.45, 2.75) is 94.4 Å². The van der Waals surface area contributed by atoms with Crippen molar-refractivity contribution in [3.05, 3.63) is 0 Å². The van der Waals surface area contributed by atoms with Gasteiger partial charge >= 0.3 is 5.97 Å². The third kappa shape index (κ3) is 17.0. The Balaban J connectivity index is 5.63. The minimum absolute atomic E-state index is 0.0456. The van der Waals surface area contributed by atoms with Gasteiger partial charge in [-0.3, -0.25) is 28.8 Å². The Bertz CT molecular complexity index is 951. The molecule has 0 aliphatic heterocycles. The number of carboxylic acids is 1. The molecule has 0 bridgehead atoms. The van der Waals surface area contributed by atoms with Gasteiger partial charge in [0.15, 0.2) is 0 Å². The smallest absolute Gasteiger partial charge is 0.326 e. The summed E-state index contributed by atoms with van der Waals surface area (Å²) in [7, 11) is 0. The Morgan fingerprint density at radius 1 is 0.558 bits per heavy atom. The van der Waals surface area contributed by atoms with Crippen molar-refractivity contribution in [2.75, 3.05) is 19.7 Å². The van der Waals surface area contributed by atoms with Gasteiger partial charge in [0, 0.05) is 12.8 Å². The van der Waals surface area contributed by atoms with E-state index in [1.165, 1.54) is 0 Å². The number of unbranched alkanes of at least 4 members (excludes halogenated alkanes) is 2. The second kappa shape index (κ2) is 21.8. The molecule has 0 unspecified atom stereocenters. The molecule has 5 atom stereocenters. The van der Waals surface area contributed by atoms with E-state index in [9.17, 15) is 43.8 Å². The highest BCUT2D eigenvalue weighted by Crippen LogP contribution is 2.07. The highest BCUT2D eigenvalue weighted by Gasteiger charge is 2.31. The quantitative estimate of drug-likeness (QED) is 0.0454. The molecule has 0 spiro atoms. The molecule has 0 saturated carbocycles. The molecule has 0 fully saturated rings. The number of hydrogen-bond acceptors (Lipinski definition) is 11. The van der Waals surface area contributed by atoms with Crippen molar-refractivity contribution in [2.24, 2.45) is 28.7 Å². The minimum atomic E-state index is -1.56. The molecular formula is C25H47N9O9. The first-order chi connectivity index (χ1) is 20.3. The number of amides is 6. The predicted molar refractivity (Wildman–Crippen MR) is 153 cm³/mol. The summed E-state index contributed by atoms with van der Waals surface area (Å²) in [6.45, 7) is -0.273. The summed E-state index contributed by atoms with van der Waals surface area (Å²) in [6.07, 6.45) is 1.16. The normalized spacial score (nSPS) is 14.3. The zero-order valence-corrected chi connectivity index (χ0v) is 24.2. The zero-order chi connectivity index (χ0) is 32.9. The number of nitrogens with two attached hydrogens (primary N) is 5. The molecule has 0 aromatic heterocycles. The number of carbonyl (C=O) groups is 7. The van der Waals surface area contributed by atoms with Gasteiger partial charge < -0.3 is 60.1 Å². The van der Waals surface area contributed by atoms with Gasteiger partial charge in [0.2, 0.25) is 35.4 Å². The van der Waals surface area contributed by atoms with Crippen molar-refractivity contribution >= 4 is 41.4 Å². The lowest BCUT2D eigenvalue weighted by molar-refractivity contribution is -0.142. The van der Waals surface area contributed by atoms with E-state index in [1.54, 1.807) is 0 Å². The molecule has 0 saturated heterocycles. The third-order valence-corrected chi connectivity index (χ3v) is 6.31. The third-order valence-electron chi connectivity index (χ3n) is 6.31. The van der Waals surface area contributed by atoms with Crippen LogP contribution in [0.25, 0.3) is 0 Å². The zero-order valence-electron chi connectivity index (χ0n) is 24.2. The Hall–Kier alpha value is -3.87. The molecule has 0 aliphatic carbocycles. The number of nitrogens with one attached hydrogen (secondary N) is 4. The van der Waals surface area contributed by atoms with Crippen LogP contribution in [0, 0.1) is 0 Å². The average molecular weight is 618 g/mol. The number of hydrogen-bond donors (Lipinski definition) is 11. The van der Waals surface area contributed by atoms with E-state index in [1.807, 2.05) is 0 Å². The van der Waals surface area contributed by atoms with Gasteiger partial charge in [-0.1, -0.05) is 0 Å². The van der Waals surface area contributed by atoms with Gasteiger partial charge in [0.1, 0.15) is 24.2 Å². The van der Waals surface area contributed by atoms with E-state index in [0.29, 0.717) is 32.2 Å². The molecule has 18 heteroatoms. The Kier molecular flexibility index (Phi) is 19.8. The first-order valence-electron chi connectivity index (χ1n) is 14.0. The second-order valence-electron chi connectivity index (χ2n) is 9.95. The van der Waals surface area contributed by atoms with Crippen LogP contribution in [0.2, 0.25) is 0 Å². The molecule has 16 N–H and O–H groups in total. The molecule has 0 radical (unpaired) electrons. The molecular weight excluding hydrogens is 570 g/mol. The molecule has 246 valence electrons. The number of rotatable bonds is 24. The Labute approximate surface area is 249 Å². The van der Waals surface area contributed by atoms with Crippen LogP contribution in [0.1, 0.15) is 64.2 Å². The highest BCUT2D eigenvalue weighted by molar-refractivity contribution is 5.95. The van der Waals surface area contributed by atoms with Crippen LogP contribution in [-0.4, -0.2) is 102 Å². The molecule has 18 nitrogen and oxygen atoms in total. The van der Waals surface area contributed by atoms with Gasteiger partial charge in [-0.25, -0.2) is 4.79 Å². The predicted octanol–water partition coefficient (Wildman–Crippen LogP) is -4.88. The summed E-state index contributed by atoms with van der Waals surface area (Å²) < 4.78 is 0. The maximum absolute atomic E-state index is 13.1. The molecule has 0 aromatic carbocycles. The van der Waals surface area contributed by atoms with Crippen LogP contribution >= 0.6 is 0 Å². The van der Waals surface area contributed by atoms with Crippen LogP contribution < -0.4 is 49.9 Å². The lowest BCUT2D eigenvalue weighted by Gasteiger charge is -2.25. The SMILES string of the molecule is NCCCC[C@H](NC(=O)[C@H](CO)NC(=O)[C@H](CCCCN)NC(=O)[C@@H](N)CCC(N)=O)C(=O)N[C@@H](CCC(N)=O)C(=O)O. The van der Waals surface area contributed by atoms with E-state index < -0.39 is 78.2 Å². The first kappa shape index (κ1) is 39.1. The van der Waals surface area contributed by atoms with Crippen LogP contribution in [-0.2, 0) is 33.6 Å². The Morgan fingerprint density at radius 3 is 1.37 bits per heavy atom. The lowest BCUT2D eigenvalue weighted by Crippen LogP contribution is -2.59. The molecule has 0 aromatic rings.